The van der Waals surface area contributed by atoms with Crippen LogP contribution in [0.1, 0.15) is 35.7 Å². The molecule has 1 aliphatic rings. The van der Waals surface area contributed by atoms with Crippen LogP contribution in [0, 0.1) is 0 Å². The Hall–Kier alpha value is -1.35. The molecule has 1 atom stereocenters. The van der Waals surface area contributed by atoms with Gasteiger partial charge in [0.1, 0.15) is 0 Å². The van der Waals surface area contributed by atoms with Crippen LogP contribution in [0.2, 0.25) is 0 Å². The van der Waals surface area contributed by atoms with Gasteiger partial charge in [0.2, 0.25) is 0 Å². The summed E-state index contributed by atoms with van der Waals surface area (Å²) < 4.78 is 0. The molecule has 2 rings (SSSR count). The van der Waals surface area contributed by atoms with Crippen molar-refractivity contribution in [3.05, 3.63) is 35.4 Å². The molecule has 15 heavy (non-hydrogen) atoms. The summed E-state index contributed by atoms with van der Waals surface area (Å²) in [7, 11) is 0. The van der Waals surface area contributed by atoms with Gasteiger partial charge < -0.3 is 10.2 Å². The van der Waals surface area contributed by atoms with E-state index in [0.29, 0.717) is 5.56 Å². The van der Waals surface area contributed by atoms with E-state index in [1.54, 1.807) is 25.1 Å². The van der Waals surface area contributed by atoms with Gasteiger partial charge in [-0.3, -0.25) is 0 Å². The molecular formula is C12H14O3. The lowest BCUT2D eigenvalue weighted by atomic mass is 9.90. The molecule has 0 amide bonds. The van der Waals surface area contributed by atoms with Crippen molar-refractivity contribution in [2.24, 2.45) is 0 Å². The molecular weight excluding hydrogens is 192 g/mol. The van der Waals surface area contributed by atoms with Gasteiger partial charge in [-0.05, 0) is 37.5 Å². The van der Waals surface area contributed by atoms with Crippen LogP contribution in [0.15, 0.2) is 24.3 Å². The molecule has 0 aromatic heterocycles. The maximum Gasteiger partial charge on any atom is 0.335 e. The lowest BCUT2D eigenvalue weighted by Crippen LogP contribution is -2.22. The van der Waals surface area contributed by atoms with Crippen LogP contribution in [0.25, 0.3) is 0 Å². The number of carboxylic acids is 1. The first-order valence-electron chi connectivity index (χ1n) is 5.08. The number of rotatable bonds is 3. The first-order chi connectivity index (χ1) is 7.06. The van der Waals surface area contributed by atoms with Crippen LogP contribution in [0.4, 0.5) is 0 Å². The third-order valence-corrected chi connectivity index (χ3v) is 3.27. The smallest absolute Gasteiger partial charge is 0.335 e. The molecule has 3 nitrogen and oxygen atoms in total. The zero-order valence-corrected chi connectivity index (χ0v) is 8.60. The first kappa shape index (κ1) is 10.2. The molecule has 3 heteroatoms. The fourth-order valence-electron chi connectivity index (χ4n) is 2.04. The minimum atomic E-state index is -0.918. The van der Waals surface area contributed by atoms with Gasteiger partial charge >= 0.3 is 5.97 Å². The van der Waals surface area contributed by atoms with Gasteiger partial charge in [0, 0.05) is 5.41 Å². The van der Waals surface area contributed by atoms with E-state index in [4.69, 9.17) is 5.11 Å². The van der Waals surface area contributed by atoms with E-state index in [9.17, 15) is 9.90 Å². The maximum absolute atomic E-state index is 10.8. The second-order valence-electron chi connectivity index (χ2n) is 4.22. The maximum atomic E-state index is 10.8. The van der Waals surface area contributed by atoms with Crippen molar-refractivity contribution < 1.29 is 15.0 Å². The van der Waals surface area contributed by atoms with Gasteiger partial charge in [-0.1, -0.05) is 12.1 Å². The third-order valence-electron chi connectivity index (χ3n) is 3.27. The highest BCUT2D eigenvalue weighted by atomic mass is 16.4. The molecule has 1 aromatic rings. The summed E-state index contributed by atoms with van der Waals surface area (Å²) in [5.74, 6) is -0.918. The number of aliphatic hydroxyl groups excluding tert-OH is 1. The zero-order chi connectivity index (χ0) is 11.1. The van der Waals surface area contributed by atoms with Crippen LogP contribution in [-0.4, -0.2) is 22.3 Å². The van der Waals surface area contributed by atoms with Crippen molar-refractivity contribution in [2.75, 3.05) is 0 Å². The fourth-order valence-corrected chi connectivity index (χ4v) is 2.04. The molecule has 1 fully saturated rings. The summed E-state index contributed by atoms with van der Waals surface area (Å²) in [6, 6.07) is 6.87. The minimum Gasteiger partial charge on any atom is -0.478 e. The molecule has 1 aliphatic carbocycles. The summed E-state index contributed by atoms with van der Waals surface area (Å²) in [6.07, 6.45) is 1.46. The van der Waals surface area contributed by atoms with Crippen LogP contribution >= 0.6 is 0 Å². The summed E-state index contributed by atoms with van der Waals surface area (Å²) in [4.78, 5) is 10.8. The Morgan fingerprint density at radius 1 is 1.47 bits per heavy atom. The van der Waals surface area contributed by atoms with Crippen molar-refractivity contribution in [1.82, 2.24) is 0 Å². The standard InChI is InChI=1S/C12H14O3/c1-8(13)12(5-6-12)10-4-2-3-9(7-10)11(14)15/h2-4,7-8,13H,5-6H2,1H3,(H,14,15). The molecule has 0 saturated heterocycles. The van der Waals surface area contributed by atoms with Crippen LogP contribution in [-0.2, 0) is 5.41 Å². The van der Waals surface area contributed by atoms with Gasteiger partial charge in [-0.25, -0.2) is 4.79 Å². The lowest BCUT2D eigenvalue weighted by Gasteiger charge is -2.19. The number of hydrogen-bond acceptors (Lipinski definition) is 2. The van der Waals surface area contributed by atoms with Crippen LogP contribution in [0.5, 0.6) is 0 Å². The second kappa shape index (κ2) is 3.35. The highest BCUT2D eigenvalue weighted by Gasteiger charge is 2.48. The Morgan fingerprint density at radius 3 is 2.60 bits per heavy atom. The molecule has 0 spiro atoms. The summed E-state index contributed by atoms with van der Waals surface area (Å²) in [5.41, 5.74) is 1.04. The van der Waals surface area contributed by atoms with E-state index in [-0.39, 0.29) is 5.41 Å². The number of aromatic carboxylic acids is 1. The van der Waals surface area contributed by atoms with Gasteiger partial charge in [0.15, 0.2) is 0 Å². The number of aliphatic hydroxyl groups is 1. The van der Waals surface area contributed by atoms with E-state index in [1.165, 1.54) is 0 Å². The monoisotopic (exact) mass is 206 g/mol. The number of hydrogen-bond donors (Lipinski definition) is 2. The van der Waals surface area contributed by atoms with Crippen molar-refractivity contribution in [3.63, 3.8) is 0 Å². The molecule has 0 bridgehead atoms. The van der Waals surface area contributed by atoms with Crippen molar-refractivity contribution in [3.8, 4) is 0 Å². The van der Waals surface area contributed by atoms with E-state index in [1.807, 2.05) is 6.07 Å². The molecule has 0 radical (unpaired) electrons. The third kappa shape index (κ3) is 1.63. The predicted octanol–water partition coefficient (Wildman–Crippen LogP) is 1.80. The van der Waals surface area contributed by atoms with Crippen molar-refractivity contribution in [2.45, 2.75) is 31.3 Å². The highest BCUT2D eigenvalue weighted by molar-refractivity contribution is 5.87. The van der Waals surface area contributed by atoms with Gasteiger partial charge in [-0.15, -0.1) is 0 Å². The van der Waals surface area contributed by atoms with Gasteiger partial charge in [0.25, 0.3) is 0 Å². The summed E-state index contributed by atoms with van der Waals surface area (Å²) in [5, 5.41) is 18.5. The zero-order valence-electron chi connectivity index (χ0n) is 8.60. The quantitative estimate of drug-likeness (QED) is 0.792. The Kier molecular flexibility index (Phi) is 2.27. The molecule has 1 aromatic carbocycles. The van der Waals surface area contributed by atoms with E-state index in [2.05, 4.69) is 0 Å². The number of carboxylic acid groups (broad SMARTS) is 1. The van der Waals surface area contributed by atoms with Gasteiger partial charge in [0.05, 0.1) is 11.7 Å². The summed E-state index contributed by atoms with van der Waals surface area (Å²) in [6.45, 7) is 1.76. The highest BCUT2D eigenvalue weighted by Crippen LogP contribution is 2.50. The van der Waals surface area contributed by atoms with E-state index in [0.717, 1.165) is 18.4 Å². The Morgan fingerprint density at radius 2 is 2.13 bits per heavy atom. The second-order valence-corrected chi connectivity index (χ2v) is 4.22. The molecule has 1 saturated carbocycles. The Labute approximate surface area is 88.4 Å². The normalized spacial score (nSPS) is 19.6. The van der Waals surface area contributed by atoms with E-state index < -0.39 is 12.1 Å². The predicted molar refractivity (Wildman–Crippen MR) is 56.0 cm³/mol. The molecule has 2 N–H and O–H groups in total. The lowest BCUT2D eigenvalue weighted by molar-refractivity contribution is 0.0696. The molecule has 1 unspecified atom stereocenters. The number of carbonyl (C=O) groups is 1. The van der Waals surface area contributed by atoms with Crippen molar-refractivity contribution in [1.29, 1.82) is 0 Å². The van der Waals surface area contributed by atoms with Crippen LogP contribution < -0.4 is 0 Å². The average Bonchev–Trinajstić information content (AvgIpc) is 2.98. The minimum absolute atomic E-state index is 0.189. The van der Waals surface area contributed by atoms with Gasteiger partial charge in [-0.2, -0.15) is 0 Å². The van der Waals surface area contributed by atoms with E-state index >= 15 is 0 Å². The molecule has 0 aliphatic heterocycles. The fraction of sp³-hybridized carbons (Fsp3) is 0.417. The topological polar surface area (TPSA) is 57.5 Å². The van der Waals surface area contributed by atoms with Crippen molar-refractivity contribution >= 4 is 5.97 Å². The Bertz CT molecular complexity index is 392. The summed E-state index contributed by atoms with van der Waals surface area (Å²) >= 11 is 0. The first-order valence-corrected chi connectivity index (χ1v) is 5.08. The van der Waals surface area contributed by atoms with Crippen LogP contribution in [0.3, 0.4) is 0 Å². The Balaban J connectivity index is 2.37. The SMILES string of the molecule is CC(O)C1(c2cccc(C(=O)O)c2)CC1. The average molecular weight is 206 g/mol. The molecule has 80 valence electrons. The number of benzene rings is 1. The largest absolute Gasteiger partial charge is 0.478 e. The molecule has 0 heterocycles.